The van der Waals surface area contributed by atoms with Crippen molar-refractivity contribution in [2.75, 3.05) is 0 Å². The van der Waals surface area contributed by atoms with Gasteiger partial charge in [-0.25, -0.2) is 0 Å². The van der Waals surface area contributed by atoms with Crippen LogP contribution in [0.4, 0.5) is 0 Å². The minimum absolute atomic E-state index is 0. The first-order chi connectivity index (χ1) is 1.00. The molecule has 4 heavy (non-hydrogen) atoms. The van der Waals surface area contributed by atoms with Crippen LogP contribution >= 0.6 is 0 Å². The predicted molar refractivity (Wildman–Crippen MR) is 25.8 cm³/mol. The molecule has 0 spiro atoms. The zero-order valence-corrected chi connectivity index (χ0v) is 7.27. The summed E-state index contributed by atoms with van der Waals surface area (Å²) in [4.78, 5) is 0. The molecule has 0 bridgehead atoms. The van der Waals surface area contributed by atoms with E-state index in [0.29, 0.717) is 0 Å². The van der Waals surface area contributed by atoms with Gasteiger partial charge in [0.15, 0.2) is 17.4 Å². The number of hydrogen-bond acceptors (Lipinski definition) is 1. The fraction of sp³-hybridized carbons (Fsp3) is 0. The topological polar surface area (TPSA) is 17.1 Å². The number of hydrogen-bond donors (Lipinski definition) is 0. The molecule has 0 amide bonds. The molecular weight excluding hydrogens is 182 g/mol. The first kappa shape index (κ1) is 16.7. The Balaban J connectivity index is -0.000000000833. The SMILES string of the molecule is [AlH3].[H-].[H-].[Mg+2].[O]=[InH]. The van der Waals surface area contributed by atoms with Gasteiger partial charge >= 0.3 is 50.3 Å². The van der Waals surface area contributed by atoms with Gasteiger partial charge in [-0.3, -0.25) is 0 Å². The van der Waals surface area contributed by atoms with Crippen LogP contribution in [0.1, 0.15) is 2.85 Å². The van der Waals surface area contributed by atoms with Crippen LogP contribution in [0.3, 0.4) is 0 Å². The van der Waals surface area contributed by atoms with Crippen molar-refractivity contribution < 1.29 is 5.71 Å². The number of rotatable bonds is 0. The Kier molecular flexibility index (Phi) is 84.4. The Bertz CT molecular complexity index is 13.5. The summed E-state index contributed by atoms with van der Waals surface area (Å²) < 4.78 is 8.42. The van der Waals surface area contributed by atoms with Crippen molar-refractivity contribution in [3.05, 3.63) is 0 Å². The molecule has 1 nitrogen and oxygen atoms in total. The van der Waals surface area contributed by atoms with E-state index in [1.54, 1.807) is 0 Å². The molecule has 0 N–H and O–H groups in total. The molecule has 20 valence electrons. The second-order valence-corrected chi connectivity index (χ2v) is 0. The second-order valence-electron chi connectivity index (χ2n) is 0. The van der Waals surface area contributed by atoms with E-state index >= 15 is 0 Å². The Morgan fingerprint density at radius 2 is 1.50 bits per heavy atom. The van der Waals surface area contributed by atoms with Crippen molar-refractivity contribution in [3.63, 3.8) is 0 Å². The molecular formula is H6AlInMgO. The van der Waals surface area contributed by atoms with E-state index in [1.807, 2.05) is 0 Å². The fourth-order valence-corrected chi connectivity index (χ4v) is 0. The van der Waals surface area contributed by atoms with Gasteiger partial charge in [0, 0.05) is 0 Å². The molecule has 0 radical (unpaired) electrons. The summed E-state index contributed by atoms with van der Waals surface area (Å²) in [6.07, 6.45) is 0. The van der Waals surface area contributed by atoms with E-state index in [4.69, 9.17) is 2.85 Å². The van der Waals surface area contributed by atoms with E-state index in [0.717, 1.165) is 0 Å². The molecule has 0 heterocycles. The molecule has 0 atom stereocenters. The molecule has 0 aliphatic rings. The van der Waals surface area contributed by atoms with Crippen LogP contribution in [0.25, 0.3) is 0 Å². The predicted octanol–water partition coefficient (Wildman–Crippen LogP) is -2.11. The Labute approximate surface area is 69.8 Å². The molecule has 0 rings (SSSR count). The molecule has 0 saturated carbocycles. The normalized spacial score (nSPS) is 0.750. The first-order valence-electron chi connectivity index (χ1n) is 0.289. The second kappa shape index (κ2) is 20.2. The zero-order valence-electron chi connectivity index (χ0n) is 3.82. The van der Waals surface area contributed by atoms with Crippen molar-refractivity contribution in [2.24, 2.45) is 0 Å². The third-order valence-electron chi connectivity index (χ3n) is 0. The third-order valence-corrected chi connectivity index (χ3v) is 0. The van der Waals surface area contributed by atoms with Crippen LogP contribution < -0.4 is 0 Å². The van der Waals surface area contributed by atoms with Crippen LogP contribution in [0, 0.1) is 0 Å². The summed E-state index contributed by atoms with van der Waals surface area (Å²) >= 11 is -0.1000. The molecule has 0 aliphatic heterocycles. The van der Waals surface area contributed by atoms with E-state index < -0.39 is 0 Å². The van der Waals surface area contributed by atoms with Gasteiger partial charge in [-0.1, -0.05) is 0 Å². The average molecular weight is 188 g/mol. The van der Waals surface area contributed by atoms with Gasteiger partial charge in [-0.15, -0.1) is 0 Å². The molecule has 0 fully saturated rings. The van der Waals surface area contributed by atoms with Crippen molar-refractivity contribution in [1.29, 1.82) is 0 Å². The zero-order chi connectivity index (χ0) is 2.00. The summed E-state index contributed by atoms with van der Waals surface area (Å²) in [7, 11) is 0. The third kappa shape index (κ3) is 9.02. The van der Waals surface area contributed by atoms with E-state index in [9.17, 15) is 0 Å². The molecule has 0 aromatic rings. The van der Waals surface area contributed by atoms with Gasteiger partial charge < -0.3 is 2.85 Å². The monoisotopic (exact) mass is 188 g/mol. The maximum atomic E-state index is 8.42. The maximum absolute atomic E-state index is 8.42. The van der Waals surface area contributed by atoms with Crippen molar-refractivity contribution in [2.45, 2.75) is 0 Å². The Morgan fingerprint density at radius 3 is 1.50 bits per heavy atom. The molecule has 4 heteroatoms. The fourth-order valence-electron chi connectivity index (χ4n) is 0. The summed E-state index contributed by atoms with van der Waals surface area (Å²) in [6, 6.07) is 0. The molecule has 0 aromatic carbocycles. The van der Waals surface area contributed by atoms with Gasteiger partial charge in [0.2, 0.25) is 0 Å². The van der Waals surface area contributed by atoms with E-state index in [-0.39, 0.29) is 67.6 Å². The van der Waals surface area contributed by atoms with Crippen LogP contribution in [0.2, 0.25) is 0 Å². The summed E-state index contributed by atoms with van der Waals surface area (Å²) in [5.41, 5.74) is 0. The Hall–Kier alpha value is 1.97. The molecule has 0 aliphatic carbocycles. The van der Waals surface area contributed by atoms with E-state index in [2.05, 4.69) is 0 Å². The van der Waals surface area contributed by atoms with Crippen molar-refractivity contribution in [3.8, 4) is 0 Å². The summed E-state index contributed by atoms with van der Waals surface area (Å²) in [5, 5.41) is 0. The van der Waals surface area contributed by atoms with Crippen LogP contribution in [-0.4, -0.2) is 64.8 Å². The van der Waals surface area contributed by atoms with Crippen molar-refractivity contribution in [1.82, 2.24) is 0 Å². The van der Waals surface area contributed by atoms with Gasteiger partial charge in [0.1, 0.15) is 0 Å². The minimum atomic E-state index is -0.1000. The Morgan fingerprint density at radius 1 is 1.50 bits per heavy atom. The van der Waals surface area contributed by atoms with Crippen LogP contribution in [0.5, 0.6) is 0 Å². The summed E-state index contributed by atoms with van der Waals surface area (Å²) in [5.74, 6) is 0. The van der Waals surface area contributed by atoms with E-state index in [1.165, 1.54) is 0 Å². The standard InChI is InChI=1S/Al.In.Mg.O.6H/q;;+2;;;;;;2*-1. The molecule has 0 saturated heterocycles. The van der Waals surface area contributed by atoms with Gasteiger partial charge in [-0.2, -0.15) is 0 Å². The van der Waals surface area contributed by atoms with Gasteiger partial charge in [-0.05, 0) is 0 Å². The first-order valence-corrected chi connectivity index (χ1v) is 1.94. The van der Waals surface area contributed by atoms with Gasteiger partial charge in [0.05, 0.1) is 0 Å². The van der Waals surface area contributed by atoms with Crippen LogP contribution in [0.15, 0.2) is 0 Å². The average Bonchev–Trinajstić information content (AvgIpc) is 1.00. The molecule has 0 unspecified atom stereocenters. The quantitative estimate of drug-likeness (QED) is 0.398. The van der Waals surface area contributed by atoms with Gasteiger partial charge in [0.25, 0.3) is 0 Å². The van der Waals surface area contributed by atoms with Crippen LogP contribution in [-0.2, 0) is 2.85 Å². The van der Waals surface area contributed by atoms with Crippen molar-refractivity contribution >= 4 is 64.8 Å². The summed E-state index contributed by atoms with van der Waals surface area (Å²) in [6.45, 7) is 0. The molecule has 0 aromatic heterocycles.